The number of carboxylic acids is 1. The molecule has 3 N–H and O–H groups in total. The van der Waals surface area contributed by atoms with Crippen LogP contribution in [0.4, 0.5) is 0 Å². The zero-order valence-electron chi connectivity index (χ0n) is 19.9. The van der Waals surface area contributed by atoms with Gasteiger partial charge >= 0.3 is 5.97 Å². The molecule has 0 radical (unpaired) electrons. The van der Waals surface area contributed by atoms with Crippen LogP contribution in [0, 0.1) is 0 Å². The molecular formula is C29H25N3O5. The number of piperazine rings is 1. The number of aromatic carboxylic acids is 1. The summed E-state index contributed by atoms with van der Waals surface area (Å²) in [6.07, 6.45) is 2.93. The average molecular weight is 496 g/mol. The molecule has 0 saturated carbocycles. The first-order valence-electron chi connectivity index (χ1n) is 12.1. The molecule has 1 fully saturated rings. The third-order valence-corrected chi connectivity index (χ3v) is 6.80. The predicted molar refractivity (Wildman–Crippen MR) is 139 cm³/mol. The molecule has 6 rings (SSSR count). The van der Waals surface area contributed by atoms with Crippen LogP contribution in [0.2, 0.25) is 0 Å². The van der Waals surface area contributed by atoms with Gasteiger partial charge in [-0.15, -0.1) is 0 Å². The van der Waals surface area contributed by atoms with Crippen molar-refractivity contribution in [1.82, 2.24) is 15.2 Å². The number of aromatic nitrogens is 1. The van der Waals surface area contributed by atoms with E-state index in [9.17, 15) is 15.0 Å². The van der Waals surface area contributed by atoms with E-state index in [4.69, 9.17) is 9.15 Å². The number of carboxylic acid groups (broad SMARTS) is 1. The molecule has 2 aromatic heterocycles. The van der Waals surface area contributed by atoms with Crippen molar-refractivity contribution in [3.05, 3.63) is 95.9 Å². The van der Waals surface area contributed by atoms with Crippen LogP contribution in [0.5, 0.6) is 17.4 Å². The number of nitrogens with zero attached hydrogens (tertiary/aromatic N) is 2. The van der Waals surface area contributed by atoms with Crippen LogP contribution in [0.1, 0.15) is 27.5 Å². The van der Waals surface area contributed by atoms with Gasteiger partial charge in [0, 0.05) is 60.2 Å². The lowest BCUT2D eigenvalue weighted by molar-refractivity contribution is 0.0698. The molecular weight excluding hydrogens is 470 g/mol. The van der Waals surface area contributed by atoms with Crippen LogP contribution in [-0.2, 0) is 0 Å². The molecule has 1 aliphatic heterocycles. The Morgan fingerprint density at radius 1 is 1.03 bits per heavy atom. The minimum Gasteiger partial charge on any atom is -0.507 e. The van der Waals surface area contributed by atoms with E-state index >= 15 is 0 Å². The Bertz CT molecular complexity index is 1590. The van der Waals surface area contributed by atoms with E-state index in [1.807, 2.05) is 66.7 Å². The molecule has 8 heteroatoms. The smallest absolute Gasteiger partial charge is 0.339 e. The maximum Gasteiger partial charge on any atom is 0.339 e. The summed E-state index contributed by atoms with van der Waals surface area (Å²) in [5.74, 6) is -0.00901. The Labute approximate surface area is 212 Å². The molecule has 5 aromatic rings. The highest BCUT2D eigenvalue weighted by Crippen LogP contribution is 2.46. The molecule has 186 valence electrons. The Morgan fingerprint density at radius 3 is 2.51 bits per heavy atom. The number of aromatic hydroxyl groups is 1. The van der Waals surface area contributed by atoms with Gasteiger partial charge in [-0.05, 0) is 23.8 Å². The van der Waals surface area contributed by atoms with Gasteiger partial charge in [-0.25, -0.2) is 9.78 Å². The number of fused-ring (bicyclic) bond motifs is 3. The van der Waals surface area contributed by atoms with Gasteiger partial charge in [-0.1, -0.05) is 42.5 Å². The van der Waals surface area contributed by atoms with Crippen molar-refractivity contribution in [3.63, 3.8) is 0 Å². The molecule has 0 amide bonds. The van der Waals surface area contributed by atoms with Crippen LogP contribution in [0.25, 0.3) is 21.7 Å². The van der Waals surface area contributed by atoms with Gasteiger partial charge in [0.05, 0.1) is 6.04 Å². The van der Waals surface area contributed by atoms with Gasteiger partial charge in [0.15, 0.2) is 0 Å². The highest BCUT2D eigenvalue weighted by atomic mass is 16.5. The second-order valence-electron chi connectivity index (χ2n) is 9.00. The summed E-state index contributed by atoms with van der Waals surface area (Å²) in [5, 5.41) is 26.8. The number of nitrogens with one attached hydrogen (secondary N) is 1. The molecule has 1 atom stereocenters. The third kappa shape index (κ3) is 4.16. The van der Waals surface area contributed by atoms with Crippen molar-refractivity contribution >= 4 is 27.7 Å². The van der Waals surface area contributed by atoms with Crippen molar-refractivity contribution in [3.8, 4) is 17.4 Å². The predicted octanol–water partition coefficient (Wildman–Crippen LogP) is 5.17. The van der Waals surface area contributed by atoms with E-state index in [0.29, 0.717) is 52.0 Å². The fraction of sp³-hybridized carbons (Fsp3) is 0.172. The van der Waals surface area contributed by atoms with Gasteiger partial charge in [-0.3, -0.25) is 4.90 Å². The Hall–Kier alpha value is -4.40. The van der Waals surface area contributed by atoms with Crippen LogP contribution < -0.4 is 10.1 Å². The zero-order valence-corrected chi connectivity index (χ0v) is 19.9. The first kappa shape index (κ1) is 23.0. The molecule has 0 bridgehead atoms. The summed E-state index contributed by atoms with van der Waals surface area (Å²) >= 11 is 0. The SMILES string of the molecule is O=C(O)c1coc2c1c(C(c1ccnc(Oc3ccccc3)c1)N1CCNCC1)c(O)c1ccccc12. The normalized spacial score (nSPS) is 15.1. The number of hydrogen-bond donors (Lipinski definition) is 3. The highest BCUT2D eigenvalue weighted by molar-refractivity contribution is 6.15. The van der Waals surface area contributed by atoms with E-state index in [1.54, 1.807) is 6.20 Å². The van der Waals surface area contributed by atoms with Gasteiger partial charge in [0.2, 0.25) is 5.88 Å². The molecule has 8 nitrogen and oxygen atoms in total. The first-order valence-corrected chi connectivity index (χ1v) is 12.1. The number of rotatable bonds is 6. The molecule has 0 aliphatic carbocycles. The number of ether oxygens (including phenoxy) is 1. The van der Waals surface area contributed by atoms with Crippen LogP contribution in [0.3, 0.4) is 0 Å². The number of pyridine rings is 1. The minimum absolute atomic E-state index is 0.0148. The number of benzene rings is 3. The van der Waals surface area contributed by atoms with Gasteiger partial charge < -0.3 is 24.7 Å². The van der Waals surface area contributed by atoms with E-state index in [1.165, 1.54) is 6.26 Å². The molecule has 1 saturated heterocycles. The van der Waals surface area contributed by atoms with Crippen molar-refractivity contribution < 1.29 is 24.2 Å². The average Bonchev–Trinajstić information content (AvgIpc) is 3.38. The minimum atomic E-state index is -1.11. The lowest BCUT2D eigenvalue weighted by Crippen LogP contribution is -2.45. The highest BCUT2D eigenvalue weighted by Gasteiger charge is 2.33. The third-order valence-electron chi connectivity index (χ3n) is 6.80. The first-order chi connectivity index (χ1) is 18.1. The van der Waals surface area contributed by atoms with E-state index in [2.05, 4.69) is 15.2 Å². The molecule has 0 spiro atoms. The molecule has 3 heterocycles. The summed E-state index contributed by atoms with van der Waals surface area (Å²) in [6.45, 7) is 2.94. The van der Waals surface area contributed by atoms with E-state index in [-0.39, 0.29) is 11.3 Å². The number of furan rings is 1. The fourth-order valence-corrected chi connectivity index (χ4v) is 5.16. The summed E-state index contributed by atoms with van der Waals surface area (Å²) in [6, 6.07) is 20.0. The maximum absolute atomic E-state index is 12.3. The zero-order chi connectivity index (χ0) is 25.4. The van der Waals surface area contributed by atoms with Crippen LogP contribution in [-0.4, -0.2) is 52.2 Å². The van der Waals surface area contributed by atoms with Crippen LogP contribution >= 0.6 is 0 Å². The molecule has 1 aliphatic rings. The molecule has 1 unspecified atom stereocenters. The van der Waals surface area contributed by atoms with Crippen molar-refractivity contribution in [1.29, 1.82) is 0 Å². The van der Waals surface area contributed by atoms with E-state index in [0.717, 1.165) is 18.7 Å². The number of phenolic OH excluding ortho intramolecular Hbond substituents is 1. The number of para-hydroxylation sites is 1. The van der Waals surface area contributed by atoms with E-state index < -0.39 is 12.0 Å². The Kier molecular flexibility index (Phi) is 5.96. The topological polar surface area (TPSA) is 108 Å². The monoisotopic (exact) mass is 495 g/mol. The second kappa shape index (κ2) is 9.57. The van der Waals surface area contributed by atoms with Gasteiger partial charge in [0.25, 0.3) is 0 Å². The quantitative estimate of drug-likeness (QED) is 0.296. The summed E-state index contributed by atoms with van der Waals surface area (Å²) in [4.78, 5) is 18.9. The molecule has 3 aromatic carbocycles. The van der Waals surface area contributed by atoms with Crippen molar-refractivity contribution in [2.75, 3.05) is 26.2 Å². The molecule has 37 heavy (non-hydrogen) atoms. The van der Waals surface area contributed by atoms with Crippen molar-refractivity contribution in [2.24, 2.45) is 0 Å². The lowest BCUT2D eigenvalue weighted by atomic mass is 9.89. The van der Waals surface area contributed by atoms with Crippen molar-refractivity contribution in [2.45, 2.75) is 6.04 Å². The maximum atomic E-state index is 12.3. The van der Waals surface area contributed by atoms with Gasteiger partial charge in [0.1, 0.15) is 28.9 Å². The number of phenols is 1. The lowest BCUT2D eigenvalue weighted by Gasteiger charge is -2.36. The standard InChI is InChI=1S/C29H25N3O5/c33-27-20-8-4-5-9-21(20)28-24(22(17-36-28)29(34)35)25(27)26(32-14-12-30-13-15-32)18-10-11-31-23(16-18)37-19-6-2-1-3-7-19/h1-11,16-17,26,30,33H,12-15H2,(H,34,35). The Balaban J connectivity index is 1.60. The largest absolute Gasteiger partial charge is 0.507 e. The number of carbonyl (C=O) groups is 1. The van der Waals surface area contributed by atoms with Crippen LogP contribution in [0.15, 0.2) is 83.6 Å². The summed E-state index contributed by atoms with van der Waals surface area (Å²) in [5.41, 5.74) is 1.78. The Morgan fingerprint density at radius 2 is 1.76 bits per heavy atom. The number of hydrogen-bond acceptors (Lipinski definition) is 7. The second-order valence-corrected chi connectivity index (χ2v) is 9.00. The summed E-state index contributed by atoms with van der Waals surface area (Å²) < 4.78 is 11.8. The van der Waals surface area contributed by atoms with Gasteiger partial charge in [-0.2, -0.15) is 0 Å². The summed E-state index contributed by atoms with van der Waals surface area (Å²) in [7, 11) is 0. The fourth-order valence-electron chi connectivity index (χ4n) is 5.16.